The van der Waals surface area contributed by atoms with Crippen molar-refractivity contribution in [3.05, 3.63) is 35.8 Å². The third-order valence-electron chi connectivity index (χ3n) is 4.75. The Morgan fingerprint density at radius 1 is 1.29 bits per heavy atom. The highest BCUT2D eigenvalue weighted by atomic mass is 32.2. The number of carbonyl (C=O) groups excluding carboxylic acids is 1. The van der Waals surface area contributed by atoms with Gasteiger partial charge in [-0.3, -0.25) is 15.0 Å². The van der Waals surface area contributed by atoms with E-state index in [1.54, 1.807) is 0 Å². The van der Waals surface area contributed by atoms with Crippen molar-refractivity contribution >= 4 is 45.9 Å². The summed E-state index contributed by atoms with van der Waals surface area (Å²) in [4.78, 5) is 28.6. The van der Waals surface area contributed by atoms with Gasteiger partial charge in [-0.25, -0.2) is 14.2 Å². The number of amides is 2. The summed E-state index contributed by atoms with van der Waals surface area (Å²) in [7, 11) is 0. The molecule has 1 aliphatic carbocycles. The monoisotopic (exact) mass is 477 g/mol. The summed E-state index contributed by atoms with van der Waals surface area (Å²) >= 11 is 2.03. The van der Waals surface area contributed by atoms with E-state index in [2.05, 4.69) is 10.3 Å². The summed E-state index contributed by atoms with van der Waals surface area (Å²) in [5.74, 6) is -2.21. The predicted molar refractivity (Wildman–Crippen MR) is 110 cm³/mol. The second-order valence-corrected chi connectivity index (χ2v) is 9.32. The Labute approximate surface area is 183 Å². The molecule has 0 saturated heterocycles. The second kappa shape index (κ2) is 9.86. The van der Waals surface area contributed by atoms with E-state index in [0.29, 0.717) is 10.3 Å². The number of carbonyl (C=O) groups is 2. The lowest BCUT2D eigenvalue weighted by atomic mass is 10.1. The van der Waals surface area contributed by atoms with Crippen molar-refractivity contribution in [2.24, 2.45) is 5.92 Å². The highest BCUT2D eigenvalue weighted by Gasteiger charge is 2.37. The molecular formula is C19H19F4N3O3S2. The van der Waals surface area contributed by atoms with Gasteiger partial charge >= 0.3 is 18.2 Å². The molecule has 0 unspecified atom stereocenters. The molecule has 1 aliphatic rings. The first-order valence-electron chi connectivity index (χ1n) is 9.39. The Hall–Kier alpha value is -2.34. The van der Waals surface area contributed by atoms with Crippen molar-refractivity contribution in [2.45, 2.75) is 36.1 Å². The zero-order valence-electron chi connectivity index (χ0n) is 16.1. The number of hydrogen-bond donors (Lipinski definition) is 2. The van der Waals surface area contributed by atoms with Gasteiger partial charge in [0.25, 0.3) is 0 Å². The van der Waals surface area contributed by atoms with Crippen LogP contribution in [0.2, 0.25) is 0 Å². The maximum atomic E-state index is 13.6. The number of thiazole rings is 1. The third kappa shape index (κ3) is 6.33. The minimum absolute atomic E-state index is 0.0369. The first kappa shape index (κ1) is 23.3. The molecule has 1 aromatic carbocycles. The Kier molecular flexibility index (Phi) is 7.42. The van der Waals surface area contributed by atoms with E-state index in [0.717, 1.165) is 65.8 Å². The molecule has 168 valence electrons. The predicted octanol–water partition coefficient (Wildman–Crippen LogP) is 5.71. The van der Waals surface area contributed by atoms with E-state index in [1.165, 1.54) is 6.20 Å². The van der Waals surface area contributed by atoms with Crippen LogP contribution in [0.1, 0.15) is 31.2 Å². The van der Waals surface area contributed by atoms with Crippen LogP contribution in [0.15, 0.2) is 28.6 Å². The van der Waals surface area contributed by atoms with Gasteiger partial charge in [0, 0.05) is 6.54 Å². The van der Waals surface area contributed by atoms with Gasteiger partial charge in [0.15, 0.2) is 5.13 Å². The van der Waals surface area contributed by atoms with Gasteiger partial charge in [-0.2, -0.15) is 13.2 Å². The molecule has 12 heteroatoms. The summed E-state index contributed by atoms with van der Waals surface area (Å²) in [5.41, 5.74) is -1.65. The molecule has 2 aromatic rings. The fourth-order valence-corrected chi connectivity index (χ4v) is 4.97. The molecule has 2 N–H and O–H groups in total. The number of carboxylic acid groups (broad SMARTS) is 1. The van der Waals surface area contributed by atoms with Gasteiger partial charge in [0.05, 0.1) is 27.4 Å². The van der Waals surface area contributed by atoms with E-state index < -0.39 is 35.2 Å². The normalized spacial score (nSPS) is 14.6. The lowest BCUT2D eigenvalue weighted by Crippen LogP contribution is -2.39. The number of urea groups is 1. The van der Waals surface area contributed by atoms with Crippen LogP contribution in [-0.4, -0.2) is 34.4 Å². The van der Waals surface area contributed by atoms with Crippen LogP contribution in [-0.2, 0) is 11.0 Å². The molecular weight excluding hydrogens is 458 g/mol. The quantitative estimate of drug-likeness (QED) is 0.395. The van der Waals surface area contributed by atoms with Crippen LogP contribution in [0.3, 0.4) is 0 Å². The number of aromatic nitrogens is 1. The molecule has 31 heavy (non-hydrogen) atoms. The second-order valence-electron chi connectivity index (χ2n) is 7.02. The molecule has 6 nitrogen and oxygen atoms in total. The molecule has 1 fully saturated rings. The smallest absolute Gasteiger partial charge is 0.418 e. The van der Waals surface area contributed by atoms with Crippen molar-refractivity contribution in [2.75, 3.05) is 22.5 Å². The minimum Gasteiger partial charge on any atom is -0.481 e. The van der Waals surface area contributed by atoms with E-state index in [9.17, 15) is 27.2 Å². The SMILES string of the molecule is O=C(O)CSc1cnc(NC(=O)N(CC2CCCC2)c2ccc(F)cc2C(F)(F)F)s1. The van der Waals surface area contributed by atoms with Crippen molar-refractivity contribution in [1.82, 2.24) is 4.98 Å². The number of nitrogens with zero attached hydrogens (tertiary/aromatic N) is 2. The average molecular weight is 478 g/mol. The highest BCUT2D eigenvalue weighted by Crippen LogP contribution is 2.39. The maximum absolute atomic E-state index is 13.6. The molecule has 0 atom stereocenters. The lowest BCUT2D eigenvalue weighted by Gasteiger charge is -2.28. The van der Waals surface area contributed by atoms with Crippen LogP contribution in [0.4, 0.5) is 33.2 Å². The number of alkyl halides is 3. The highest BCUT2D eigenvalue weighted by molar-refractivity contribution is 8.01. The zero-order valence-corrected chi connectivity index (χ0v) is 17.7. The molecule has 1 aromatic heterocycles. The van der Waals surface area contributed by atoms with Gasteiger partial charge in [0.2, 0.25) is 0 Å². The van der Waals surface area contributed by atoms with Crippen molar-refractivity contribution in [3.8, 4) is 0 Å². The number of nitrogens with one attached hydrogen (secondary N) is 1. The summed E-state index contributed by atoms with van der Waals surface area (Å²) < 4.78 is 54.8. The third-order valence-corrected chi connectivity index (χ3v) is 6.84. The maximum Gasteiger partial charge on any atom is 0.418 e. The molecule has 0 aliphatic heterocycles. The van der Waals surface area contributed by atoms with Crippen molar-refractivity contribution < 1.29 is 32.3 Å². The van der Waals surface area contributed by atoms with Crippen LogP contribution < -0.4 is 10.2 Å². The van der Waals surface area contributed by atoms with Gasteiger partial charge in [-0.1, -0.05) is 24.2 Å². The zero-order chi connectivity index (χ0) is 22.6. The first-order valence-corrected chi connectivity index (χ1v) is 11.2. The van der Waals surface area contributed by atoms with E-state index in [1.807, 2.05) is 0 Å². The summed E-state index contributed by atoms with van der Waals surface area (Å²) in [5, 5.41) is 11.4. The van der Waals surface area contributed by atoms with Gasteiger partial charge in [-0.15, -0.1) is 11.8 Å². The number of halogens is 4. The number of aliphatic carboxylic acids is 1. The Morgan fingerprint density at radius 2 is 2.00 bits per heavy atom. The average Bonchev–Trinajstić information content (AvgIpc) is 3.36. The summed E-state index contributed by atoms with van der Waals surface area (Å²) in [6, 6.07) is 1.42. The van der Waals surface area contributed by atoms with Gasteiger partial charge in [-0.05, 0) is 37.0 Å². The van der Waals surface area contributed by atoms with Gasteiger partial charge < -0.3 is 5.11 Å². The summed E-state index contributed by atoms with van der Waals surface area (Å²) in [6.07, 6.45) is -0.000566. The van der Waals surface area contributed by atoms with Gasteiger partial charge in [0.1, 0.15) is 5.82 Å². The molecule has 3 rings (SSSR count). The van der Waals surface area contributed by atoms with E-state index in [4.69, 9.17) is 5.11 Å². The fraction of sp³-hybridized carbons (Fsp3) is 0.421. The summed E-state index contributed by atoms with van der Waals surface area (Å²) in [6.45, 7) is 0.0620. The van der Waals surface area contributed by atoms with Crippen LogP contribution in [0.5, 0.6) is 0 Å². The number of hydrogen-bond acceptors (Lipinski definition) is 5. The standard InChI is InChI=1S/C19H19F4N3O3S2/c20-12-5-6-14(13(7-12)19(21,22)23)26(9-11-3-1-2-4-11)18(29)25-17-24-8-16(31-17)30-10-15(27)28/h5-8,11H,1-4,9-10H2,(H,27,28)(H,24,25,29). The lowest BCUT2D eigenvalue weighted by molar-refractivity contribution is -0.137. The Bertz CT molecular complexity index is 946. The molecule has 0 radical (unpaired) electrons. The van der Waals surface area contributed by atoms with E-state index in [-0.39, 0.29) is 23.3 Å². The molecule has 2 amide bonds. The van der Waals surface area contributed by atoms with Crippen LogP contribution in [0.25, 0.3) is 0 Å². The minimum atomic E-state index is -4.84. The first-order chi connectivity index (χ1) is 14.6. The largest absolute Gasteiger partial charge is 0.481 e. The number of benzene rings is 1. The molecule has 0 spiro atoms. The van der Waals surface area contributed by atoms with Crippen molar-refractivity contribution in [3.63, 3.8) is 0 Å². The van der Waals surface area contributed by atoms with Crippen LogP contribution >= 0.6 is 23.1 Å². The van der Waals surface area contributed by atoms with Crippen molar-refractivity contribution in [1.29, 1.82) is 0 Å². The number of carboxylic acids is 1. The molecule has 1 heterocycles. The molecule has 0 bridgehead atoms. The van der Waals surface area contributed by atoms with E-state index >= 15 is 0 Å². The fourth-order valence-electron chi connectivity index (χ4n) is 3.39. The number of thioether (sulfide) groups is 1. The topological polar surface area (TPSA) is 82.5 Å². The number of rotatable bonds is 7. The van der Waals surface area contributed by atoms with Crippen LogP contribution in [0, 0.1) is 11.7 Å². The Morgan fingerprint density at radius 3 is 2.65 bits per heavy atom. The Balaban J connectivity index is 1.86. The number of anilines is 2. The molecule has 1 saturated carbocycles.